The molecule has 0 saturated heterocycles. The number of hydrogen-bond acceptors (Lipinski definition) is 1. The van der Waals surface area contributed by atoms with Gasteiger partial charge in [0.2, 0.25) is 0 Å². The average Bonchev–Trinajstić information content (AvgIpc) is 2.37. The summed E-state index contributed by atoms with van der Waals surface area (Å²) in [6.07, 6.45) is 3.72. The van der Waals surface area contributed by atoms with E-state index in [1.165, 1.54) is 19.3 Å². The third-order valence-corrected chi connectivity index (χ3v) is 6.86. The van der Waals surface area contributed by atoms with Crippen molar-refractivity contribution in [2.45, 2.75) is 80.3 Å². The van der Waals surface area contributed by atoms with Gasteiger partial charge in [-0.3, -0.25) is 0 Å². The molecule has 110 valence electrons. The Labute approximate surface area is 119 Å². The van der Waals surface area contributed by atoms with E-state index >= 15 is 0 Å². The lowest BCUT2D eigenvalue weighted by Crippen LogP contribution is -2.57. The van der Waals surface area contributed by atoms with Crippen molar-refractivity contribution in [1.82, 2.24) is 0 Å². The first-order valence-electron chi connectivity index (χ1n) is 7.81. The first kappa shape index (κ1) is 18.2. The maximum atomic E-state index is 6.11. The van der Waals surface area contributed by atoms with Gasteiger partial charge in [0.25, 0.3) is 0 Å². The monoisotopic (exact) mass is 272 g/mol. The van der Waals surface area contributed by atoms with Crippen LogP contribution in [0.5, 0.6) is 0 Å². The molecule has 0 aromatic heterocycles. The summed E-state index contributed by atoms with van der Waals surface area (Å²) >= 11 is 0. The molecule has 0 spiro atoms. The molecule has 0 radical (unpaired) electrons. The van der Waals surface area contributed by atoms with E-state index in [1.807, 2.05) is 0 Å². The molecule has 0 aromatic carbocycles. The molecule has 2 heteroatoms. The van der Waals surface area contributed by atoms with Crippen molar-refractivity contribution < 1.29 is 4.43 Å². The van der Waals surface area contributed by atoms with Gasteiger partial charge in [0.1, 0.15) is 10.5 Å². The minimum absolute atomic E-state index is 0.0144. The highest BCUT2D eigenvalue weighted by Gasteiger charge is 2.53. The minimum atomic E-state index is -0.0144. The first-order chi connectivity index (χ1) is 8.25. The fourth-order valence-corrected chi connectivity index (χ4v) is 4.78. The molecule has 1 nitrogen and oxygen atoms in total. The number of hydrogen-bond donors (Lipinski definition) is 0. The highest BCUT2D eigenvalue weighted by atomic mass is 28.2. The van der Waals surface area contributed by atoms with Crippen LogP contribution in [0, 0.1) is 23.2 Å². The lowest BCUT2D eigenvalue weighted by molar-refractivity contribution is -0.137. The van der Waals surface area contributed by atoms with Gasteiger partial charge >= 0.3 is 0 Å². The van der Waals surface area contributed by atoms with E-state index in [9.17, 15) is 0 Å². The molecule has 0 fully saturated rings. The normalized spacial score (nSPS) is 21.3. The van der Waals surface area contributed by atoms with Crippen LogP contribution in [0.25, 0.3) is 0 Å². The zero-order valence-corrected chi connectivity index (χ0v) is 16.3. The summed E-state index contributed by atoms with van der Waals surface area (Å²) < 4.78 is 6.11. The summed E-state index contributed by atoms with van der Waals surface area (Å²) in [7, 11) is 0.823. The van der Waals surface area contributed by atoms with Crippen LogP contribution in [0.3, 0.4) is 0 Å². The van der Waals surface area contributed by atoms with Crippen LogP contribution >= 0.6 is 0 Å². The predicted octanol–water partition coefficient (Wildman–Crippen LogP) is 4.19. The van der Waals surface area contributed by atoms with Crippen LogP contribution in [0.1, 0.15) is 74.7 Å². The molecule has 0 bridgehead atoms. The first-order valence-corrected chi connectivity index (χ1v) is 8.62. The average molecular weight is 273 g/mol. The van der Waals surface area contributed by atoms with Gasteiger partial charge in [-0.2, -0.15) is 0 Å². The smallest absolute Gasteiger partial charge is 0.146 e. The Balaban J connectivity index is 5.86. The molecular formula is C16H36OSi. The molecule has 0 aliphatic rings. The summed E-state index contributed by atoms with van der Waals surface area (Å²) in [4.78, 5) is 0. The van der Waals surface area contributed by atoms with Crippen molar-refractivity contribution in [3.8, 4) is 0 Å². The Hall–Kier alpha value is 0.177. The van der Waals surface area contributed by atoms with Gasteiger partial charge < -0.3 is 4.43 Å². The third-order valence-electron chi connectivity index (χ3n) is 5.84. The minimum Gasteiger partial charge on any atom is -0.422 e. The summed E-state index contributed by atoms with van der Waals surface area (Å²) in [5.41, 5.74) is 0.270. The topological polar surface area (TPSA) is 9.23 Å². The molecule has 3 atom stereocenters. The van der Waals surface area contributed by atoms with Crippen molar-refractivity contribution in [3.63, 3.8) is 0 Å². The molecule has 0 saturated carbocycles. The van der Waals surface area contributed by atoms with Crippen LogP contribution in [-0.2, 0) is 4.43 Å². The van der Waals surface area contributed by atoms with E-state index in [-0.39, 0.29) is 11.0 Å². The second kappa shape index (κ2) is 7.09. The van der Waals surface area contributed by atoms with Crippen LogP contribution in [0.4, 0.5) is 0 Å². The van der Waals surface area contributed by atoms with Crippen LogP contribution in [0.15, 0.2) is 0 Å². The summed E-state index contributed by atoms with van der Waals surface area (Å²) in [5.74, 6) is 2.10. The Morgan fingerprint density at radius 2 is 1.11 bits per heavy atom. The van der Waals surface area contributed by atoms with Gasteiger partial charge in [0.15, 0.2) is 0 Å². The van der Waals surface area contributed by atoms with Crippen LogP contribution in [-0.4, -0.2) is 16.1 Å². The SMILES string of the molecule is CCC(C)C(C(C)CC)(C(C)CC)C(C)(C)O[SiH3]. The molecule has 0 aliphatic carbocycles. The highest BCUT2D eigenvalue weighted by Crippen LogP contribution is 2.55. The van der Waals surface area contributed by atoms with Gasteiger partial charge in [-0.25, -0.2) is 0 Å². The predicted molar refractivity (Wildman–Crippen MR) is 85.9 cm³/mol. The van der Waals surface area contributed by atoms with Crippen LogP contribution in [0.2, 0.25) is 0 Å². The quantitative estimate of drug-likeness (QED) is 0.602. The molecular weight excluding hydrogens is 236 g/mol. The summed E-state index contributed by atoms with van der Waals surface area (Å²) in [6.45, 7) is 18.9. The van der Waals surface area contributed by atoms with Gasteiger partial charge in [-0.15, -0.1) is 0 Å². The molecule has 0 N–H and O–H groups in total. The fourth-order valence-electron chi connectivity index (χ4n) is 4.43. The van der Waals surface area contributed by atoms with Crippen molar-refractivity contribution in [3.05, 3.63) is 0 Å². The second-order valence-corrected chi connectivity index (χ2v) is 6.98. The molecule has 0 aliphatic heterocycles. The van der Waals surface area contributed by atoms with Crippen LogP contribution < -0.4 is 0 Å². The van der Waals surface area contributed by atoms with Crippen molar-refractivity contribution in [1.29, 1.82) is 0 Å². The van der Waals surface area contributed by atoms with E-state index in [1.54, 1.807) is 0 Å². The standard InChI is InChI=1S/C16H36OSi/c1-9-12(4)16(13(5)10-2,14(6)11-3)15(7,8)17-18/h12-14H,9-11H2,1-8,18H3. The summed E-state index contributed by atoms with van der Waals surface area (Å²) in [6, 6.07) is 0. The maximum absolute atomic E-state index is 6.11. The molecule has 18 heavy (non-hydrogen) atoms. The van der Waals surface area contributed by atoms with Gasteiger partial charge in [-0.1, -0.05) is 60.8 Å². The van der Waals surface area contributed by atoms with Crippen molar-refractivity contribution >= 4 is 10.5 Å². The van der Waals surface area contributed by atoms with E-state index in [4.69, 9.17) is 4.43 Å². The largest absolute Gasteiger partial charge is 0.422 e. The van der Waals surface area contributed by atoms with Gasteiger partial charge in [0.05, 0.1) is 5.60 Å². The van der Waals surface area contributed by atoms with E-state index in [0.717, 1.165) is 10.5 Å². The summed E-state index contributed by atoms with van der Waals surface area (Å²) in [5, 5.41) is 0. The lowest BCUT2D eigenvalue weighted by Gasteiger charge is -2.57. The Bertz CT molecular complexity index is 211. The third kappa shape index (κ3) is 2.85. The van der Waals surface area contributed by atoms with E-state index in [2.05, 4.69) is 55.4 Å². The maximum Gasteiger partial charge on any atom is 0.146 e. The van der Waals surface area contributed by atoms with Crippen molar-refractivity contribution in [2.75, 3.05) is 0 Å². The molecule has 0 amide bonds. The Morgan fingerprint density at radius 3 is 1.28 bits per heavy atom. The second-order valence-electron chi connectivity index (χ2n) is 6.58. The molecule has 0 aromatic rings. The molecule has 0 rings (SSSR count). The Kier molecular flexibility index (Phi) is 7.16. The van der Waals surface area contributed by atoms with Gasteiger partial charge in [0, 0.05) is 5.41 Å². The van der Waals surface area contributed by atoms with Gasteiger partial charge in [-0.05, 0) is 31.6 Å². The highest BCUT2D eigenvalue weighted by molar-refractivity contribution is 5.98. The number of rotatable bonds is 8. The molecule has 3 unspecified atom stereocenters. The molecule has 0 heterocycles. The Morgan fingerprint density at radius 1 is 0.833 bits per heavy atom. The fraction of sp³-hybridized carbons (Fsp3) is 1.00. The zero-order valence-electron chi connectivity index (χ0n) is 14.3. The van der Waals surface area contributed by atoms with E-state index < -0.39 is 0 Å². The zero-order chi connectivity index (χ0) is 14.6. The van der Waals surface area contributed by atoms with Crippen molar-refractivity contribution in [2.24, 2.45) is 23.2 Å². The lowest BCUT2D eigenvalue weighted by atomic mass is 9.51. The van der Waals surface area contributed by atoms with E-state index in [0.29, 0.717) is 17.8 Å².